The maximum Gasteiger partial charge on any atom is 0.283 e. The van der Waals surface area contributed by atoms with Crippen LogP contribution in [0.25, 0.3) is 0 Å². The van der Waals surface area contributed by atoms with E-state index in [0.29, 0.717) is 30.2 Å². The van der Waals surface area contributed by atoms with Gasteiger partial charge in [-0.2, -0.15) is 0 Å². The number of fused-ring (bicyclic) bond motifs is 2. The quantitative estimate of drug-likeness (QED) is 0.298. The van der Waals surface area contributed by atoms with Crippen LogP contribution in [-0.4, -0.2) is 48.0 Å². The Kier molecular flexibility index (Phi) is 6.61. The number of methoxy groups -OCH3 is 1. The van der Waals surface area contributed by atoms with Crippen molar-refractivity contribution in [2.24, 2.45) is 0 Å². The summed E-state index contributed by atoms with van der Waals surface area (Å²) in [5.74, 6) is 1.14. The van der Waals surface area contributed by atoms with Crippen molar-refractivity contribution in [3.8, 4) is 17.2 Å². The zero-order valence-electron chi connectivity index (χ0n) is 22.1. The van der Waals surface area contributed by atoms with Gasteiger partial charge in [-0.3, -0.25) is 29.9 Å². The molecule has 198 valence electrons. The van der Waals surface area contributed by atoms with E-state index in [1.807, 2.05) is 18.0 Å². The monoisotopic (exact) mass is 513 g/mol. The molecule has 2 aliphatic rings. The number of likely N-dealkylation sites (N-methyl/N-ethyl adjacent to an activating group) is 1. The van der Waals surface area contributed by atoms with Crippen LogP contribution in [0.4, 0.5) is 11.4 Å². The van der Waals surface area contributed by atoms with Gasteiger partial charge in [0.25, 0.3) is 11.4 Å². The van der Waals surface area contributed by atoms with Crippen molar-refractivity contribution < 1.29 is 28.9 Å². The van der Waals surface area contributed by atoms with Crippen molar-refractivity contribution in [3.63, 3.8) is 0 Å². The fourth-order valence-electron chi connectivity index (χ4n) is 5.65. The van der Waals surface area contributed by atoms with Crippen molar-refractivity contribution >= 4 is 17.2 Å². The lowest BCUT2D eigenvalue weighted by Crippen LogP contribution is -2.34. The van der Waals surface area contributed by atoms with Gasteiger partial charge in [0.1, 0.15) is 5.56 Å². The van der Waals surface area contributed by atoms with Crippen LogP contribution in [0.2, 0.25) is 0 Å². The molecule has 2 heterocycles. The Morgan fingerprint density at radius 2 is 1.73 bits per heavy atom. The van der Waals surface area contributed by atoms with Crippen LogP contribution >= 0.6 is 0 Å². The Labute approximate surface area is 214 Å². The van der Waals surface area contributed by atoms with E-state index in [4.69, 9.17) is 14.2 Å². The molecule has 37 heavy (non-hydrogen) atoms. The number of ketones is 1. The van der Waals surface area contributed by atoms with Crippen molar-refractivity contribution in [2.75, 3.05) is 27.5 Å². The Hall–Kier alpha value is -3.73. The van der Waals surface area contributed by atoms with Gasteiger partial charge >= 0.3 is 0 Å². The second-order valence-corrected chi connectivity index (χ2v) is 10.6. The van der Waals surface area contributed by atoms with Crippen LogP contribution in [0.3, 0.4) is 0 Å². The number of ether oxygens (including phenoxy) is 3. The van der Waals surface area contributed by atoms with Crippen LogP contribution in [0.5, 0.6) is 17.2 Å². The zero-order valence-corrected chi connectivity index (χ0v) is 22.1. The molecule has 0 saturated carbocycles. The van der Waals surface area contributed by atoms with E-state index in [-0.39, 0.29) is 46.8 Å². The molecule has 0 N–H and O–H groups in total. The summed E-state index contributed by atoms with van der Waals surface area (Å²) in [6, 6.07) is 1.47. The molecule has 4 rings (SSSR count). The number of hydrogen-bond donors (Lipinski definition) is 0. The van der Waals surface area contributed by atoms with E-state index in [1.165, 1.54) is 21.0 Å². The van der Waals surface area contributed by atoms with E-state index in [1.54, 1.807) is 20.8 Å². The number of nitro groups is 2. The van der Waals surface area contributed by atoms with Gasteiger partial charge in [-0.05, 0) is 38.9 Å². The van der Waals surface area contributed by atoms with E-state index < -0.39 is 27.1 Å². The van der Waals surface area contributed by atoms with Gasteiger partial charge in [0.2, 0.25) is 12.5 Å². The number of carbonyl (C=O) groups is 1. The predicted molar refractivity (Wildman–Crippen MR) is 135 cm³/mol. The highest BCUT2D eigenvalue weighted by molar-refractivity contribution is 6.02. The summed E-state index contributed by atoms with van der Waals surface area (Å²) in [5.41, 5.74) is 0.414. The Morgan fingerprint density at radius 1 is 1.14 bits per heavy atom. The highest BCUT2D eigenvalue weighted by Gasteiger charge is 2.42. The van der Waals surface area contributed by atoms with E-state index in [2.05, 4.69) is 0 Å². The second kappa shape index (κ2) is 9.29. The first kappa shape index (κ1) is 26.3. The molecule has 0 saturated heterocycles. The fraction of sp³-hybridized carbons (Fsp3) is 0.500. The largest absolute Gasteiger partial charge is 0.492 e. The molecule has 0 spiro atoms. The molecule has 1 atom stereocenters. The molecule has 2 aliphatic heterocycles. The average molecular weight is 514 g/mol. The molecule has 2 aromatic rings. The third-order valence-electron chi connectivity index (χ3n) is 7.25. The highest BCUT2D eigenvalue weighted by atomic mass is 16.7. The van der Waals surface area contributed by atoms with Gasteiger partial charge in [-0.1, -0.05) is 20.8 Å². The first-order chi connectivity index (χ1) is 17.3. The van der Waals surface area contributed by atoms with Crippen molar-refractivity contribution in [1.82, 2.24) is 4.90 Å². The Bertz CT molecular complexity index is 1290. The van der Waals surface area contributed by atoms with E-state index in [0.717, 1.165) is 11.1 Å². The van der Waals surface area contributed by atoms with Gasteiger partial charge < -0.3 is 14.2 Å². The minimum absolute atomic E-state index is 0.0172. The fourth-order valence-corrected chi connectivity index (χ4v) is 5.65. The second-order valence-electron chi connectivity index (χ2n) is 10.6. The first-order valence-electron chi connectivity index (χ1n) is 12.0. The lowest BCUT2D eigenvalue weighted by Gasteiger charge is -2.35. The minimum atomic E-state index is -0.889. The van der Waals surface area contributed by atoms with Crippen LogP contribution in [-0.2, 0) is 11.8 Å². The summed E-state index contributed by atoms with van der Waals surface area (Å²) in [7, 11) is 3.41. The number of nitrogens with zero attached hydrogens (tertiary/aromatic N) is 3. The third-order valence-corrected chi connectivity index (χ3v) is 7.25. The number of hydrogen-bond acceptors (Lipinski definition) is 9. The summed E-state index contributed by atoms with van der Waals surface area (Å²) in [6.45, 7) is 8.78. The number of rotatable bonds is 6. The molecule has 2 aromatic carbocycles. The molecule has 11 heteroatoms. The van der Waals surface area contributed by atoms with Crippen molar-refractivity contribution in [3.05, 3.63) is 59.7 Å². The van der Waals surface area contributed by atoms with Crippen LogP contribution in [0.15, 0.2) is 6.07 Å². The number of benzene rings is 2. The summed E-state index contributed by atoms with van der Waals surface area (Å²) < 4.78 is 16.9. The van der Waals surface area contributed by atoms with Crippen LogP contribution in [0, 0.1) is 34.1 Å². The molecule has 0 fully saturated rings. The van der Waals surface area contributed by atoms with E-state index >= 15 is 0 Å². The molecule has 0 aliphatic carbocycles. The van der Waals surface area contributed by atoms with Crippen molar-refractivity contribution in [2.45, 2.75) is 58.9 Å². The lowest BCUT2D eigenvalue weighted by molar-refractivity contribution is -0.397. The molecular formula is C26H31N3O8. The summed E-state index contributed by atoms with van der Waals surface area (Å²) in [5, 5.41) is 24.3. The normalized spacial score (nSPS) is 16.9. The molecule has 0 unspecified atom stereocenters. The highest BCUT2D eigenvalue weighted by Crippen LogP contribution is 2.51. The number of Topliss-reactive ketones (excluding diaryl/α,β-unsaturated/α-hetero) is 1. The van der Waals surface area contributed by atoms with Gasteiger partial charge in [0.05, 0.1) is 17.0 Å². The smallest absolute Gasteiger partial charge is 0.283 e. The number of carbonyl (C=O) groups excluding carboxylic acids is 1. The van der Waals surface area contributed by atoms with Gasteiger partial charge in [-0.25, -0.2) is 0 Å². The maximum atomic E-state index is 13.9. The van der Waals surface area contributed by atoms with Crippen LogP contribution < -0.4 is 14.2 Å². The topological polar surface area (TPSA) is 134 Å². The molecule has 0 radical (unpaired) electrons. The van der Waals surface area contributed by atoms with Gasteiger partial charge in [0.15, 0.2) is 17.3 Å². The standard InChI is InChI=1S/C26H31N3O8/c1-13-19(14(2)23(29(33)34)21(26(3,4)5)22(13)28(31)32)17(30)11-16-20-15(8-9-27(16)6)10-18-24(25(20)35-7)37-12-36-18/h10,16H,8-9,11-12H2,1-7H3/t16-/m0/s1. The average Bonchev–Trinajstić information content (AvgIpc) is 3.26. The summed E-state index contributed by atoms with van der Waals surface area (Å²) in [4.78, 5) is 39.0. The first-order valence-corrected chi connectivity index (χ1v) is 12.0. The van der Waals surface area contributed by atoms with Crippen molar-refractivity contribution in [1.29, 1.82) is 0 Å². The summed E-state index contributed by atoms with van der Waals surface area (Å²) in [6.07, 6.45) is 0.656. The van der Waals surface area contributed by atoms with Gasteiger partial charge in [-0.15, -0.1) is 0 Å². The zero-order chi connectivity index (χ0) is 27.4. The lowest BCUT2D eigenvalue weighted by atomic mass is 9.79. The SMILES string of the molecule is COc1c2c(cc3c1[C@H](CC(=O)c1c(C)c([N+](=O)[O-])c(C(C)(C)C)c([N+](=O)[O-])c1C)N(C)CC3)OCO2. The third kappa shape index (κ3) is 4.26. The van der Waals surface area contributed by atoms with Gasteiger partial charge in [0, 0.05) is 46.7 Å². The molecular weight excluding hydrogens is 482 g/mol. The molecule has 11 nitrogen and oxygen atoms in total. The van der Waals surface area contributed by atoms with Crippen LogP contribution in [0.1, 0.15) is 71.4 Å². The summed E-state index contributed by atoms with van der Waals surface area (Å²) >= 11 is 0. The molecule has 0 bridgehead atoms. The minimum Gasteiger partial charge on any atom is -0.492 e. The Morgan fingerprint density at radius 3 is 2.24 bits per heavy atom. The predicted octanol–water partition coefficient (Wildman–Crippen LogP) is 4.96. The number of nitro benzene ring substituents is 2. The molecule has 0 aromatic heterocycles. The maximum absolute atomic E-state index is 13.9. The molecule has 0 amide bonds. The Balaban J connectivity index is 1.88. The van der Waals surface area contributed by atoms with E-state index in [9.17, 15) is 25.0 Å².